The Morgan fingerprint density at radius 1 is 0.379 bits per heavy atom. The first-order valence-electron chi connectivity index (χ1n) is 19.8. The summed E-state index contributed by atoms with van der Waals surface area (Å²) < 4.78 is 11.4. The molecule has 0 saturated heterocycles. The van der Waals surface area contributed by atoms with Gasteiger partial charge in [0.25, 0.3) is 0 Å². The van der Waals surface area contributed by atoms with Gasteiger partial charge in [0.15, 0.2) is 8.07 Å². The molecule has 58 heavy (non-hydrogen) atoms. The Morgan fingerprint density at radius 3 is 1.64 bits per heavy atom. The molecule has 4 heterocycles. The van der Waals surface area contributed by atoms with E-state index < -0.39 is 8.07 Å². The van der Waals surface area contributed by atoms with Crippen LogP contribution in [-0.2, 0) is 0 Å². The van der Waals surface area contributed by atoms with Gasteiger partial charge in [0.1, 0.15) is 16.8 Å². The molecule has 272 valence electrons. The minimum Gasteiger partial charge on any atom is -0.455 e. The zero-order valence-electron chi connectivity index (χ0n) is 31.5. The normalized spacial score (nSPS) is 12.1. The number of furan rings is 1. The van der Waals surface area contributed by atoms with Crippen LogP contribution in [0.15, 0.2) is 217 Å². The highest BCUT2D eigenvalue weighted by molar-refractivity contribution is 7.20. The molecule has 12 aromatic rings. The van der Waals surface area contributed by atoms with E-state index >= 15 is 0 Å². The number of benzene rings is 8. The Kier molecular flexibility index (Phi) is 7.21. The average Bonchev–Trinajstić information content (AvgIpc) is 3.96. The standard InChI is InChI=1S/C53H35N3OSi/c1-3-18-38(19-4-1)58(39-20-5-2-6-21-39,41-23-14-17-37(35-41)56-47-28-10-7-24-42(47)45-27-15-33-54-53(45)56)40-22-13-16-36(34-40)55-48-29-11-8-26-46(48)51-49(55)32-31-44-43-25-9-12-30-50(43)57-52(44)51/h1-35H. The number of aromatic nitrogens is 3. The summed E-state index contributed by atoms with van der Waals surface area (Å²) in [6.07, 6.45) is 1.90. The molecule has 0 saturated carbocycles. The Labute approximate surface area is 335 Å². The smallest absolute Gasteiger partial charge is 0.179 e. The van der Waals surface area contributed by atoms with Crippen molar-refractivity contribution in [2.75, 3.05) is 0 Å². The lowest BCUT2D eigenvalue weighted by Gasteiger charge is -2.35. The fourth-order valence-electron chi connectivity index (χ4n) is 9.70. The van der Waals surface area contributed by atoms with Crippen molar-refractivity contribution in [3.8, 4) is 11.4 Å². The first kappa shape index (κ1) is 32.7. The van der Waals surface area contributed by atoms with E-state index in [2.05, 4.69) is 203 Å². The van der Waals surface area contributed by atoms with E-state index in [1.165, 1.54) is 31.5 Å². The zero-order valence-corrected chi connectivity index (χ0v) is 32.5. The van der Waals surface area contributed by atoms with Crippen molar-refractivity contribution in [2.24, 2.45) is 0 Å². The van der Waals surface area contributed by atoms with Crippen LogP contribution in [-0.4, -0.2) is 22.2 Å². The van der Waals surface area contributed by atoms with Crippen molar-refractivity contribution in [3.63, 3.8) is 0 Å². The van der Waals surface area contributed by atoms with Crippen molar-refractivity contribution in [1.82, 2.24) is 14.1 Å². The lowest BCUT2D eigenvalue weighted by atomic mass is 10.1. The second kappa shape index (κ2) is 12.8. The average molecular weight is 758 g/mol. The zero-order chi connectivity index (χ0) is 38.2. The Hall–Kier alpha value is -7.47. The highest BCUT2D eigenvalue weighted by Gasteiger charge is 2.42. The van der Waals surface area contributed by atoms with Gasteiger partial charge in [-0.05, 0) is 87.5 Å². The number of nitrogens with zero attached hydrogens (tertiary/aromatic N) is 3. The monoisotopic (exact) mass is 757 g/mol. The molecule has 0 radical (unpaired) electrons. The molecular weight excluding hydrogens is 723 g/mol. The van der Waals surface area contributed by atoms with Crippen molar-refractivity contribution in [2.45, 2.75) is 0 Å². The molecule has 0 fully saturated rings. The molecular formula is C53H35N3OSi. The molecule has 0 unspecified atom stereocenters. The molecule has 0 bridgehead atoms. The van der Waals surface area contributed by atoms with Crippen LogP contribution in [0.3, 0.4) is 0 Å². The second-order valence-electron chi connectivity index (χ2n) is 15.1. The first-order chi connectivity index (χ1) is 28.8. The predicted octanol–water partition coefficient (Wildman–Crippen LogP) is 10.6. The van der Waals surface area contributed by atoms with Crippen LogP contribution in [0, 0.1) is 0 Å². The molecule has 8 aromatic carbocycles. The fourth-order valence-corrected chi connectivity index (χ4v) is 14.5. The second-order valence-corrected chi connectivity index (χ2v) is 18.9. The molecule has 12 rings (SSSR count). The number of fused-ring (bicyclic) bond motifs is 10. The summed E-state index contributed by atoms with van der Waals surface area (Å²) in [6, 6.07) is 75.3. The lowest BCUT2D eigenvalue weighted by Crippen LogP contribution is -2.74. The van der Waals surface area contributed by atoms with Gasteiger partial charge in [0, 0.05) is 44.5 Å². The Balaban J connectivity index is 1.15. The van der Waals surface area contributed by atoms with Gasteiger partial charge in [-0.25, -0.2) is 4.98 Å². The van der Waals surface area contributed by atoms with Crippen molar-refractivity contribution in [3.05, 3.63) is 212 Å². The molecule has 4 nitrogen and oxygen atoms in total. The van der Waals surface area contributed by atoms with Crippen LogP contribution < -0.4 is 20.7 Å². The maximum absolute atomic E-state index is 6.66. The molecule has 4 aromatic heterocycles. The van der Waals surface area contributed by atoms with Crippen LogP contribution in [0.25, 0.3) is 77.1 Å². The topological polar surface area (TPSA) is 35.9 Å². The Morgan fingerprint density at radius 2 is 0.931 bits per heavy atom. The van der Waals surface area contributed by atoms with E-state index in [9.17, 15) is 0 Å². The van der Waals surface area contributed by atoms with E-state index in [0.29, 0.717) is 0 Å². The third kappa shape index (κ3) is 4.65. The molecule has 0 N–H and O–H groups in total. The minimum atomic E-state index is -2.99. The van der Waals surface area contributed by atoms with E-state index in [-0.39, 0.29) is 0 Å². The third-order valence-corrected chi connectivity index (χ3v) is 16.9. The third-order valence-electron chi connectivity index (χ3n) is 12.1. The molecule has 0 amide bonds. The van der Waals surface area contributed by atoms with E-state index in [0.717, 1.165) is 66.3 Å². The van der Waals surface area contributed by atoms with Crippen LogP contribution >= 0.6 is 0 Å². The summed E-state index contributed by atoms with van der Waals surface area (Å²) in [7, 11) is -2.99. The highest BCUT2D eigenvalue weighted by atomic mass is 28.3. The molecule has 0 spiro atoms. The van der Waals surface area contributed by atoms with Crippen molar-refractivity contribution in [1.29, 1.82) is 0 Å². The lowest BCUT2D eigenvalue weighted by molar-refractivity contribution is 0.673. The molecule has 0 aliphatic carbocycles. The van der Waals surface area contributed by atoms with Gasteiger partial charge < -0.3 is 8.98 Å². The number of rotatable bonds is 6. The molecule has 5 heteroatoms. The summed E-state index contributed by atoms with van der Waals surface area (Å²) >= 11 is 0. The van der Waals surface area contributed by atoms with Crippen LogP contribution in [0.4, 0.5) is 0 Å². The first-order valence-corrected chi connectivity index (χ1v) is 21.8. The van der Waals surface area contributed by atoms with Gasteiger partial charge in [-0.1, -0.05) is 140 Å². The van der Waals surface area contributed by atoms with Crippen LogP contribution in [0.1, 0.15) is 0 Å². The highest BCUT2D eigenvalue weighted by Crippen LogP contribution is 2.40. The van der Waals surface area contributed by atoms with Crippen molar-refractivity contribution < 1.29 is 4.42 Å². The number of hydrogen-bond acceptors (Lipinski definition) is 2. The van der Waals surface area contributed by atoms with Crippen molar-refractivity contribution >= 4 is 94.5 Å². The number of para-hydroxylation sites is 3. The van der Waals surface area contributed by atoms with E-state index in [1.807, 2.05) is 18.3 Å². The van der Waals surface area contributed by atoms with E-state index in [4.69, 9.17) is 9.40 Å². The maximum Gasteiger partial charge on any atom is 0.179 e. The largest absolute Gasteiger partial charge is 0.455 e. The summed E-state index contributed by atoms with van der Waals surface area (Å²) in [6.45, 7) is 0. The van der Waals surface area contributed by atoms with E-state index in [1.54, 1.807) is 0 Å². The van der Waals surface area contributed by atoms with Gasteiger partial charge in [0.2, 0.25) is 0 Å². The fraction of sp³-hybridized carbons (Fsp3) is 0. The quantitative estimate of drug-likeness (QED) is 0.125. The summed E-state index contributed by atoms with van der Waals surface area (Å²) in [5, 5.41) is 12.2. The van der Waals surface area contributed by atoms with Crippen LogP contribution in [0.2, 0.25) is 0 Å². The van der Waals surface area contributed by atoms with Gasteiger partial charge >= 0.3 is 0 Å². The molecule has 0 aliphatic heterocycles. The van der Waals surface area contributed by atoms with Gasteiger partial charge in [-0.2, -0.15) is 0 Å². The van der Waals surface area contributed by atoms with Gasteiger partial charge in [-0.3, -0.25) is 4.57 Å². The summed E-state index contributed by atoms with van der Waals surface area (Å²) in [5.41, 5.74) is 8.42. The predicted molar refractivity (Wildman–Crippen MR) is 244 cm³/mol. The molecule has 0 atom stereocenters. The minimum absolute atomic E-state index is 0.907. The van der Waals surface area contributed by atoms with Gasteiger partial charge in [-0.15, -0.1) is 0 Å². The summed E-state index contributed by atoms with van der Waals surface area (Å²) in [5.74, 6) is 0. The number of hydrogen-bond donors (Lipinski definition) is 0. The Bertz CT molecular complexity index is 3430. The van der Waals surface area contributed by atoms with Gasteiger partial charge in [0.05, 0.1) is 21.9 Å². The van der Waals surface area contributed by atoms with Crippen LogP contribution in [0.5, 0.6) is 0 Å². The number of pyridine rings is 1. The maximum atomic E-state index is 6.66. The molecule has 0 aliphatic rings. The summed E-state index contributed by atoms with van der Waals surface area (Å²) in [4.78, 5) is 4.95. The SMILES string of the molecule is c1ccc([Si](c2ccccc2)(c2cccc(-n3c4ccccc4c4c5oc6ccccc6c5ccc43)c2)c2cccc(-n3c4ccccc4c4cccnc43)c2)cc1.